The molecule has 4 heteroatoms. The quantitative estimate of drug-likeness (QED) is 0.681. The highest BCUT2D eigenvalue weighted by atomic mass is 16.6. The number of nitrogens with one attached hydrogen (secondary N) is 1. The fourth-order valence-electron chi connectivity index (χ4n) is 2.89. The fraction of sp³-hybridized carbons (Fsp3) is 1.00. The minimum absolute atomic E-state index is 0.401. The van der Waals surface area contributed by atoms with Crippen LogP contribution in [0.2, 0.25) is 0 Å². The van der Waals surface area contributed by atoms with Crippen LogP contribution in [-0.2, 0) is 9.47 Å². The Kier molecular flexibility index (Phi) is 2.92. The third-order valence-electron chi connectivity index (χ3n) is 3.74. The van der Waals surface area contributed by atoms with E-state index in [0.717, 1.165) is 32.8 Å². The predicted molar refractivity (Wildman–Crippen MR) is 56.9 cm³/mol. The van der Waals surface area contributed by atoms with Crippen LogP contribution >= 0.6 is 0 Å². The topological polar surface area (TPSA) is 33.7 Å². The Morgan fingerprint density at radius 3 is 2.87 bits per heavy atom. The van der Waals surface area contributed by atoms with Crippen molar-refractivity contribution >= 4 is 0 Å². The third kappa shape index (κ3) is 2.18. The summed E-state index contributed by atoms with van der Waals surface area (Å²) >= 11 is 0. The van der Waals surface area contributed by atoms with Crippen LogP contribution in [0.3, 0.4) is 0 Å². The molecule has 0 bridgehead atoms. The van der Waals surface area contributed by atoms with E-state index in [1.807, 2.05) is 0 Å². The molecule has 0 saturated carbocycles. The van der Waals surface area contributed by atoms with Crippen molar-refractivity contribution in [2.24, 2.45) is 5.92 Å². The summed E-state index contributed by atoms with van der Waals surface area (Å²) in [4.78, 5) is 2.52. The zero-order valence-corrected chi connectivity index (χ0v) is 9.15. The van der Waals surface area contributed by atoms with Crippen LogP contribution in [0.4, 0.5) is 0 Å². The lowest BCUT2D eigenvalue weighted by atomic mass is 10.0. The van der Waals surface area contributed by atoms with E-state index in [1.165, 1.54) is 19.5 Å². The SMILES string of the molecule is C1CN(CC2CC3COCC3O2)CCN1. The molecule has 0 aromatic heterocycles. The molecule has 0 amide bonds. The molecule has 3 heterocycles. The summed E-state index contributed by atoms with van der Waals surface area (Å²) in [6.45, 7) is 7.46. The van der Waals surface area contributed by atoms with Gasteiger partial charge in [-0.3, -0.25) is 4.90 Å². The summed E-state index contributed by atoms with van der Waals surface area (Å²) in [5, 5.41) is 3.38. The van der Waals surface area contributed by atoms with Gasteiger partial charge in [0.1, 0.15) is 0 Å². The van der Waals surface area contributed by atoms with E-state index in [0.29, 0.717) is 18.1 Å². The standard InChI is InChI=1S/C11H20N2O2/c1-3-13(4-2-12-1)6-10-5-9-7-14-8-11(9)15-10/h9-12H,1-8H2. The second-order valence-electron chi connectivity index (χ2n) is 4.88. The lowest BCUT2D eigenvalue weighted by Gasteiger charge is -2.29. The van der Waals surface area contributed by atoms with Crippen molar-refractivity contribution in [2.75, 3.05) is 45.9 Å². The van der Waals surface area contributed by atoms with Crippen LogP contribution < -0.4 is 5.32 Å². The van der Waals surface area contributed by atoms with E-state index in [4.69, 9.17) is 9.47 Å². The molecule has 3 aliphatic rings. The minimum Gasteiger partial charge on any atom is -0.378 e. The highest BCUT2D eigenvalue weighted by Gasteiger charge is 2.39. The molecule has 0 aliphatic carbocycles. The highest BCUT2D eigenvalue weighted by Crippen LogP contribution is 2.31. The van der Waals surface area contributed by atoms with Crippen LogP contribution in [0, 0.1) is 5.92 Å². The van der Waals surface area contributed by atoms with Gasteiger partial charge in [-0.15, -0.1) is 0 Å². The van der Waals surface area contributed by atoms with Gasteiger partial charge in [0.15, 0.2) is 0 Å². The summed E-state index contributed by atoms with van der Waals surface area (Å²) in [6, 6.07) is 0. The smallest absolute Gasteiger partial charge is 0.0863 e. The predicted octanol–water partition coefficient (Wildman–Crippen LogP) is -0.304. The van der Waals surface area contributed by atoms with E-state index < -0.39 is 0 Å². The number of rotatable bonds is 2. The summed E-state index contributed by atoms with van der Waals surface area (Å²) in [5.74, 6) is 0.679. The van der Waals surface area contributed by atoms with E-state index in [-0.39, 0.29) is 0 Å². The van der Waals surface area contributed by atoms with E-state index >= 15 is 0 Å². The summed E-state index contributed by atoms with van der Waals surface area (Å²) in [5.41, 5.74) is 0. The molecular formula is C11H20N2O2. The number of hydrogen-bond donors (Lipinski definition) is 1. The van der Waals surface area contributed by atoms with Gasteiger partial charge >= 0.3 is 0 Å². The molecule has 1 N–H and O–H groups in total. The summed E-state index contributed by atoms with van der Waals surface area (Å²) in [6.07, 6.45) is 2.06. The van der Waals surface area contributed by atoms with Gasteiger partial charge in [-0.1, -0.05) is 0 Å². The Labute approximate surface area is 90.9 Å². The number of nitrogens with zero attached hydrogens (tertiary/aromatic N) is 1. The maximum atomic E-state index is 6.00. The van der Waals surface area contributed by atoms with Crippen molar-refractivity contribution in [2.45, 2.75) is 18.6 Å². The summed E-state index contributed by atoms with van der Waals surface area (Å²) in [7, 11) is 0. The van der Waals surface area contributed by atoms with Gasteiger partial charge in [0.05, 0.1) is 25.4 Å². The number of hydrogen-bond acceptors (Lipinski definition) is 4. The van der Waals surface area contributed by atoms with E-state index in [2.05, 4.69) is 10.2 Å². The zero-order chi connectivity index (χ0) is 10.1. The first-order valence-corrected chi connectivity index (χ1v) is 6.08. The van der Waals surface area contributed by atoms with Gasteiger partial charge in [-0.2, -0.15) is 0 Å². The molecule has 3 aliphatic heterocycles. The Morgan fingerprint density at radius 1 is 1.20 bits per heavy atom. The van der Waals surface area contributed by atoms with Crippen molar-refractivity contribution in [1.82, 2.24) is 10.2 Å². The van der Waals surface area contributed by atoms with Crippen molar-refractivity contribution in [1.29, 1.82) is 0 Å². The molecule has 0 aromatic carbocycles. The Bertz CT molecular complexity index is 207. The first-order chi connectivity index (χ1) is 7.42. The summed E-state index contributed by atoms with van der Waals surface area (Å²) < 4.78 is 11.4. The Balaban J connectivity index is 1.48. The van der Waals surface area contributed by atoms with E-state index in [1.54, 1.807) is 0 Å². The molecule has 3 unspecified atom stereocenters. The van der Waals surface area contributed by atoms with Crippen LogP contribution in [0.15, 0.2) is 0 Å². The highest BCUT2D eigenvalue weighted by molar-refractivity contribution is 4.87. The van der Waals surface area contributed by atoms with Gasteiger partial charge in [0, 0.05) is 38.6 Å². The monoisotopic (exact) mass is 212 g/mol. The van der Waals surface area contributed by atoms with Crippen molar-refractivity contribution < 1.29 is 9.47 Å². The molecule has 3 fully saturated rings. The first-order valence-electron chi connectivity index (χ1n) is 6.08. The van der Waals surface area contributed by atoms with Gasteiger partial charge in [0.2, 0.25) is 0 Å². The second kappa shape index (κ2) is 4.37. The Morgan fingerprint density at radius 2 is 2.07 bits per heavy atom. The van der Waals surface area contributed by atoms with Gasteiger partial charge in [0.25, 0.3) is 0 Å². The molecular weight excluding hydrogens is 192 g/mol. The number of ether oxygens (including phenoxy) is 2. The molecule has 86 valence electrons. The molecule has 3 saturated heterocycles. The third-order valence-corrected chi connectivity index (χ3v) is 3.74. The molecule has 0 radical (unpaired) electrons. The van der Waals surface area contributed by atoms with Gasteiger partial charge in [-0.05, 0) is 6.42 Å². The maximum absolute atomic E-state index is 6.00. The molecule has 3 atom stereocenters. The first kappa shape index (κ1) is 10.0. The average molecular weight is 212 g/mol. The second-order valence-corrected chi connectivity index (χ2v) is 4.88. The number of fused-ring (bicyclic) bond motifs is 1. The molecule has 0 aromatic rings. The number of piperazine rings is 1. The molecule has 3 rings (SSSR count). The van der Waals surface area contributed by atoms with E-state index in [9.17, 15) is 0 Å². The maximum Gasteiger partial charge on any atom is 0.0863 e. The van der Waals surface area contributed by atoms with Crippen LogP contribution in [0.25, 0.3) is 0 Å². The Hall–Kier alpha value is -0.160. The zero-order valence-electron chi connectivity index (χ0n) is 9.15. The van der Waals surface area contributed by atoms with Crippen molar-refractivity contribution in [3.05, 3.63) is 0 Å². The molecule has 15 heavy (non-hydrogen) atoms. The van der Waals surface area contributed by atoms with Crippen LogP contribution in [0.5, 0.6) is 0 Å². The van der Waals surface area contributed by atoms with Crippen LogP contribution in [0.1, 0.15) is 6.42 Å². The lowest BCUT2D eigenvalue weighted by molar-refractivity contribution is 0.00168. The van der Waals surface area contributed by atoms with Crippen molar-refractivity contribution in [3.8, 4) is 0 Å². The molecule has 0 spiro atoms. The minimum atomic E-state index is 0.401. The van der Waals surface area contributed by atoms with Gasteiger partial charge < -0.3 is 14.8 Å². The largest absolute Gasteiger partial charge is 0.378 e. The molecule has 4 nitrogen and oxygen atoms in total. The van der Waals surface area contributed by atoms with Gasteiger partial charge in [-0.25, -0.2) is 0 Å². The van der Waals surface area contributed by atoms with Crippen LogP contribution in [-0.4, -0.2) is 63.0 Å². The fourth-order valence-corrected chi connectivity index (χ4v) is 2.89. The lowest BCUT2D eigenvalue weighted by Crippen LogP contribution is -2.46. The average Bonchev–Trinajstić information content (AvgIpc) is 2.79. The van der Waals surface area contributed by atoms with Crippen molar-refractivity contribution in [3.63, 3.8) is 0 Å². The normalized spacial score (nSPS) is 42.0.